The van der Waals surface area contributed by atoms with Gasteiger partial charge in [0.05, 0.1) is 44.5 Å². The second-order valence-electron chi connectivity index (χ2n) is 14.3. The van der Waals surface area contributed by atoms with Gasteiger partial charge in [0.15, 0.2) is 0 Å². The summed E-state index contributed by atoms with van der Waals surface area (Å²) in [6.45, 7) is 9.37. The number of anilines is 2. The Morgan fingerprint density at radius 3 is 1.35 bits per heavy atom. The van der Waals surface area contributed by atoms with Crippen molar-refractivity contribution in [2.45, 2.75) is 13.1 Å². The van der Waals surface area contributed by atoms with E-state index in [2.05, 4.69) is 19.6 Å². The average molecular weight is 687 g/mol. The molecule has 2 bridgehead atoms. The van der Waals surface area contributed by atoms with Crippen LogP contribution in [0.3, 0.4) is 0 Å². The van der Waals surface area contributed by atoms with Gasteiger partial charge in [-0.3, -0.25) is 38.8 Å². The lowest BCUT2D eigenvalue weighted by molar-refractivity contribution is 0.0311. The van der Waals surface area contributed by atoms with Crippen LogP contribution < -0.4 is 9.80 Å². The fraction of sp³-hybridized carbons (Fsp3) is 0.385. The summed E-state index contributed by atoms with van der Waals surface area (Å²) in [4.78, 5) is 67.7. The summed E-state index contributed by atoms with van der Waals surface area (Å²) in [6.07, 6.45) is 0. The van der Waals surface area contributed by atoms with Crippen LogP contribution in [-0.4, -0.2) is 129 Å². The molecule has 260 valence electrons. The fourth-order valence-electron chi connectivity index (χ4n) is 9.06. The molecule has 51 heavy (non-hydrogen) atoms. The van der Waals surface area contributed by atoms with Crippen molar-refractivity contribution in [1.29, 1.82) is 0 Å². The number of imide groups is 2. The van der Waals surface area contributed by atoms with Crippen molar-refractivity contribution >= 4 is 56.5 Å². The molecule has 2 saturated heterocycles. The molecular weight excluding hydrogens is 648 g/mol. The van der Waals surface area contributed by atoms with Gasteiger partial charge in [-0.15, -0.1) is 0 Å². The van der Waals surface area contributed by atoms with E-state index in [-0.39, 0.29) is 23.6 Å². The number of ether oxygens (including phenoxy) is 2. The van der Waals surface area contributed by atoms with Crippen LogP contribution in [0.1, 0.15) is 52.6 Å². The lowest BCUT2D eigenvalue weighted by Gasteiger charge is -2.46. The van der Waals surface area contributed by atoms with Crippen molar-refractivity contribution in [3.8, 4) is 0 Å². The average Bonchev–Trinajstić information content (AvgIpc) is 3.16. The summed E-state index contributed by atoms with van der Waals surface area (Å²) in [5.41, 5.74) is 6.33. The first-order valence-electron chi connectivity index (χ1n) is 18.0. The molecule has 0 unspecified atom stereocenters. The number of nitrogens with zero attached hydrogens (tertiary/aromatic N) is 6. The van der Waals surface area contributed by atoms with Crippen molar-refractivity contribution < 1.29 is 28.7 Å². The third-order valence-electron chi connectivity index (χ3n) is 11.5. The fourth-order valence-corrected chi connectivity index (χ4v) is 9.06. The normalized spacial score (nSPS) is 20.5. The molecule has 4 aromatic rings. The number of fused-ring (bicyclic) bond motifs is 8. The van der Waals surface area contributed by atoms with Crippen LogP contribution in [0.2, 0.25) is 0 Å². The number of carbonyl (C=O) groups is 4. The Kier molecular flexibility index (Phi) is 7.18. The van der Waals surface area contributed by atoms with Crippen LogP contribution in [0, 0.1) is 0 Å². The Morgan fingerprint density at radius 1 is 0.510 bits per heavy atom. The van der Waals surface area contributed by atoms with E-state index >= 15 is 0 Å². The van der Waals surface area contributed by atoms with Crippen LogP contribution in [0.25, 0.3) is 21.5 Å². The van der Waals surface area contributed by atoms with Crippen LogP contribution in [-0.2, 0) is 22.6 Å². The highest BCUT2D eigenvalue weighted by Crippen LogP contribution is 2.48. The smallest absolute Gasteiger partial charge is 0.261 e. The highest BCUT2D eigenvalue weighted by atomic mass is 16.5. The highest BCUT2D eigenvalue weighted by Gasteiger charge is 2.40. The predicted octanol–water partition coefficient (Wildman–Crippen LogP) is 3.15. The van der Waals surface area contributed by atoms with Crippen LogP contribution >= 0.6 is 0 Å². The first-order chi connectivity index (χ1) is 25.0. The van der Waals surface area contributed by atoms with E-state index in [4.69, 9.17) is 9.47 Å². The maximum atomic E-state index is 14.1. The van der Waals surface area contributed by atoms with Gasteiger partial charge in [0.1, 0.15) is 0 Å². The molecule has 6 heterocycles. The van der Waals surface area contributed by atoms with E-state index in [0.717, 1.165) is 70.2 Å². The molecule has 10 rings (SSSR count). The first kappa shape index (κ1) is 30.9. The Morgan fingerprint density at radius 2 is 0.922 bits per heavy atom. The summed E-state index contributed by atoms with van der Waals surface area (Å²) in [5, 5.41) is 3.24. The summed E-state index contributed by atoms with van der Waals surface area (Å²) < 4.78 is 11.0. The zero-order chi connectivity index (χ0) is 34.4. The van der Waals surface area contributed by atoms with Gasteiger partial charge in [0.2, 0.25) is 0 Å². The molecule has 0 atom stereocenters. The monoisotopic (exact) mass is 686 g/mol. The molecule has 0 spiro atoms. The molecule has 4 amide bonds. The highest BCUT2D eigenvalue weighted by molar-refractivity contribution is 6.28. The molecule has 0 aromatic heterocycles. The first-order valence-corrected chi connectivity index (χ1v) is 18.0. The number of hydrogen-bond acceptors (Lipinski definition) is 10. The predicted molar refractivity (Wildman–Crippen MR) is 190 cm³/mol. The zero-order valence-electron chi connectivity index (χ0n) is 28.4. The van der Waals surface area contributed by atoms with E-state index in [0.29, 0.717) is 94.6 Å². The maximum Gasteiger partial charge on any atom is 0.261 e. The Bertz CT molecular complexity index is 2040. The Balaban J connectivity index is 1.01. The molecule has 12 heteroatoms. The largest absolute Gasteiger partial charge is 0.379 e. The lowest BCUT2D eigenvalue weighted by atomic mass is 9.86. The van der Waals surface area contributed by atoms with Crippen molar-refractivity contribution in [3.63, 3.8) is 0 Å². The quantitative estimate of drug-likeness (QED) is 0.281. The number of benzene rings is 4. The molecule has 6 aliphatic heterocycles. The molecule has 0 aliphatic carbocycles. The number of rotatable bonds is 6. The molecule has 4 aromatic carbocycles. The molecule has 12 nitrogen and oxygen atoms in total. The van der Waals surface area contributed by atoms with Crippen molar-refractivity contribution in [1.82, 2.24) is 19.6 Å². The van der Waals surface area contributed by atoms with Crippen molar-refractivity contribution in [3.05, 3.63) is 81.9 Å². The van der Waals surface area contributed by atoms with E-state index in [1.165, 1.54) is 9.80 Å². The minimum Gasteiger partial charge on any atom is -0.379 e. The maximum absolute atomic E-state index is 14.1. The molecule has 0 N–H and O–H groups in total. The van der Waals surface area contributed by atoms with Crippen molar-refractivity contribution in [2.75, 3.05) is 95.3 Å². The summed E-state index contributed by atoms with van der Waals surface area (Å²) in [5.74, 6) is -1.00. The third kappa shape index (κ3) is 4.73. The lowest BCUT2D eigenvalue weighted by Crippen LogP contribution is -2.49. The molecule has 0 saturated carbocycles. The number of carbonyl (C=O) groups excluding carboxylic acids is 4. The summed E-state index contributed by atoms with van der Waals surface area (Å²) in [6, 6.07) is 15.5. The summed E-state index contributed by atoms with van der Waals surface area (Å²) >= 11 is 0. The topological polar surface area (TPSA) is 106 Å². The van der Waals surface area contributed by atoms with Gasteiger partial charge in [-0.1, -0.05) is 24.3 Å². The van der Waals surface area contributed by atoms with Gasteiger partial charge in [-0.25, -0.2) is 0 Å². The second-order valence-corrected chi connectivity index (χ2v) is 14.3. The van der Waals surface area contributed by atoms with Crippen LogP contribution in [0.15, 0.2) is 48.5 Å². The van der Waals surface area contributed by atoms with E-state index in [1.807, 2.05) is 48.5 Å². The molecule has 6 aliphatic rings. The standard InChI is InChI=1S/C39H38N6O6/c46-36-28-5-1-3-26-32(28)30(38(48)44(36)9-7-40-11-15-50-16-12-40)19-24-21-43-23-42(34(24)26)22-25-20-31-33-27(35(25)43)4-2-6-29(33)37(47)45(39(31)49)10-8-41-13-17-51-18-14-41/h1-6,19-20H,7-18,21-23H2. The minimum atomic E-state index is -0.252. The van der Waals surface area contributed by atoms with Crippen molar-refractivity contribution in [2.24, 2.45) is 0 Å². The number of hydrogen-bond donors (Lipinski definition) is 0. The second kappa shape index (κ2) is 11.8. The van der Waals surface area contributed by atoms with Gasteiger partial charge in [0.25, 0.3) is 23.6 Å². The SMILES string of the molecule is O=C1c2cccc3c4c(cc(c23)C(=O)N1CCN1CCOCC1)CN1CN4Cc2cc3c4c(cccc4c21)C(=O)N(CCN1CCOCC1)C3=O. The van der Waals surface area contributed by atoms with Gasteiger partial charge >= 0.3 is 0 Å². The Labute approximate surface area is 294 Å². The van der Waals surface area contributed by atoms with Crippen LogP contribution in [0.5, 0.6) is 0 Å². The Hall–Kier alpha value is -4.88. The molecule has 0 radical (unpaired) electrons. The zero-order valence-corrected chi connectivity index (χ0v) is 28.4. The number of amides is 4. The third-order valence-corrected chi connectivity index (χ3v) is 11.5. The molecular formula is C39H38N6O6. The van der Waals surface area contributed by atoms with E-state index < -0.39 is 0 Å². The van der Waals surface area contributed by atoms with E-state index in [9.17, 15) is 19.2 Å². The molecule has 2 fully saturated rings. The van der Waals surface area contributed by atoms with Gasteiger partial charge in [-0.2, -0.15) is 0 Å². The number of morpholine rings is 2. The van der Waals surface area contributed by atoms with Gasteiger partial charge in [0, 0.05) is 109 Å². The van der Waals surface area contributed by atoms with Gasteiger partial charge < -0.3 is 19.3 Å². The van der Waals surface area contributed by atoms with Gasteiger partial charge in [-0.05, 0) is 35.4 Å². The van der Waals surface area contributed by atoms with Crippen LogP contribution in [0.4, 0.5) is 11.4 Å². The minimum absolute atomic E-state index is 0.250. The van der Waals surface area contributed by atoms with E-state index in [1.54, 1.807) is 0 Å². The summed E-state index contributed by atoms with van der Waals surface area (Å²) in [7, 11) is 0.